The first-order chi connectivity index (χ1) is 7.77. The standard InChI is InChI=1S/C10H8FN3OS/c11-7-2-1-3-12-8(7)6-14-9(15)10-13-4-5-16-10/h1-5H,6H2,(H,14,15). The third kappa shape index (κ3) is 2.40. The Kier molecular flexibility index (Phi) is 3.21. The van der Waals surface area contributed by atoms with E-state index < -0.39 is 5.82 Å². The Morgan fingerprint density at radius 3 is 3.00 bits per heavy atom. The van der Waals surface area contributed by atoms with Crippen LogP contribution in [0.1, 0.15) is 15.5 Å². The van der Waals surface area contributed by atoms with E-state index in [1.54, 1.807) is 11.6 Å². The topological polar surface area (TPSA) is 54.9 Å². The predicted molar refractivity (Wildman–Crippen MR) is 57.5 cm³/mol. The molecule has 6 heteroatoms. The maximum atomic E-state index is 13.2. The average molecular weight is 237 g/mol. The van der Waals surface area contributed by atoms with Crippen molar-refractivity contribution in [1.82, 2.24) is 15.3 Å². The molecule has 0 spiro atoms. The van der Waals surface area contributed by atoms with E-state index in [4.69, 9.17) is 0 Å². The number of carbonyl (C=O) groups excluding carboxylic acids is 1. The van der Waals surface area contributed by atoms with Crippen LogP contribution in [0, 0.1) is 5.82 Å². The van der Waals surface area contributed by atoms with Crippen LogP contribution in [0.2, 0.25) is 0 Å². The molecule has 4 nitrogen and oxygen atoms in total. The van der Waals surface area contributed by atoms with E-state index in [2.05, 4.69) is 15.3 Å². The number of thiazole rings is 1. The summed E-state index contributed by atoms with van der Waals surface area (Å²) in [4.78, 5) is 19.1. The van der Waals surface area contributed by atoms with Gasteiger partial charge in [-0.15, -0.1) is 11.3 Å². The molecule has 82 valence electrons. The fourth-order valence-electron chi connectivity index (χ4n) is 1.12. The van der Waals surface area contributed by atoms with E-state index in [1.165, 1.54) is 29.7 Å². The zero-order valence-electron chi connectivity index (χ0n) is 8.18. The minimum Gasteiger partial charge on any atom is -0.344 e. The molecule has 0 aromatic carbocycles. The zero-order chi connectivity index (χ0) is 11.4. The van der Waals surface area contributed by atoms with Crippen molar-refractivity contribution in [1.29, 1.82) is 0 Å². The molecule has 0 aliphatic rings. The summed E-state index contributed by atoms with van der Waals surface area (Å²) >= 11 is 1.23. The molecule has 1 N–H and O–H groups in total. The molecule has 0 saturated carbocycles. The normalized spacial score (nSPS) is 10.1. The number of nitrogens with one attached hydrogen (secondary N) is 1. The van der Waals surface area contributed by atoms with Crippen molar-refractivity contribution >= 4 is 17.2 Å². The summed E-state index contributed by atoms with van der Waals surface area (Å²) in [5.41, 5.74) is 0.215. The van der Waals surface area contributed by atoms with Gasteiger partial charge < -0.3 is 5.32 Å². The lowest BCUT2D eigenvalue weighted by molar-refractivity contribution is 0.0949. The number of nitrogens with zero attached hydrogens (tertiary/aromatic N) is 2. The van der Waals surface area contributed by atoms with Crippen molar-refractivity contribution in [3.8, 4) is 0 Å². The quantitative estimate of drug-likeness (QED) is 0.882. The summed E-state index contributed by atoms with van der Waals surface area (Å²) in [6.45, 7) is 0.0606. The summed E-state index contributed by atoms with van der Waals surface area (Å²) in [5.74, 6) is -0.748. The van der Waals surface area contributed by atoms with Gasteiger partial charge in [0.15, 0.2) is 5.01 Å². The number of rotatable bonds is 3. The van der Waals surface area contributed by atoms with E-state index in [0.29, 0.717) is 5.01 Å². The van der Waals surface area contributed by atoms with Gasteiger partial charge in [0.25, 0.3) is 5.91 Å². The van der Waals surface area contributed by atoms with Crippen LogP contribution in [0.5, 0.6) is 0 Å². The minimum atomic E-state index is -0.429. The Morgan fingerprint density at radius 2 is 2.31 bits per heavy atom. The van der Waals surface area contributed by atoms with Crippen LogP contribution in [-0.4, -0.2) is 15.9 Å². The number of amides is 1. The maximum Gasteiger partial charge on any atom is 0.280 e. The van der Waals surface area contributed by atoms with Crippen molar-refractivity contribution in [3.63, 3.8) is 0 Å². The molecule has 0 fully saturated rings. The van der Waals surface area contributed by atoms with E-state index in [0.717, 1.165) is 0 Å². The Hall–Kier alpha value is -1.82. The molecule has 2 rings (SSSR count). The molecule has 0 aliphatic heterocycles. The van der Waals surface area contributed by atoms with Crippen molar-refractivity contribution in [2.75, 3.05) is 0 Å². The van der Waals surface area contributed by atoms with E-state index in [9.17, 15) is 9.18 Å². The Labute approximate surface area is 95.2 Å². The van der Waals surface area contributed by atoms with E-state index >= 15 is 0 Å². The van der Waals surface area contributed by atoms with Crippen molar-refractivity contribution in [2.24, 2.45) is 0 Å². The molecular formula is C10H8FN3OS. The number of pyridine rings is 1. The van der Waals surface area contributed by atoms with Crippen LogP contribution in [0.3, 0.4) is 0 Å². The first-order valence-electron chi connectivity index (χ1n) is 4.54. The van der Waals surface area contributed by atoms with Gasteiger partial charge in [0, 0.05) is 17.8 Å². The highest BCUT2D eigenvalue weighted by Crippen LogP contribution is 2.05. The molecule has 0 radical (unpaired) electrons. The van der Waals surface area contributed by atoms with Crippen molar-refractivity contribution in [2.45, 2.75) is 6.54 Å². The summed E-state index contributed by atoms with van der Waals surface area (Å²) in [5, 5.41) is 4.61. The number of hydrogen-bond acceptors (Lipinski definition) is 4. The number of hydrogen-bond donors (Lipinski definition) is 1. The van der Waals surface area contributed by atoms with E-state index in [1.807, 2.05) is 0 Å². The third-order valence-electron chi connectivity index (χ3n) is 1.88. The highest BCUT2D eigenvalue weighted by Gasteiger charge is 2.09. The lowest BCUT2D eigenvalue weighted by Crippen LogP contribution is -2.23. The van der Waals surface area contributed by atoms with Crippen molar-refractivity contribution < 1.29 is 9.18 Å². The molecule has 0 aliphatic carbocycles. The molecule has 2 aromatic rings. The average Bonchev–Trinajstić information content (AvgIpc) is 2.81. The SMILES string of the molecule is O=C(NCc1ncccc1F)c1nccs1. The summed E-state index contributed by atoms with van der Waals surface area (Å²) in [7, 11) is 0. The second kappa shape index (κ2) is 4.80. The smallest absolute Gasteiger partial charge is 0.280 e. The van der Waals surface area contributed by atoms with Gasteiger partial charge in [-0.25, -0.2) is 9.37 Å². The van der Waals surface area contributed by atoms with Crippen molar-refractivity contribution in [3.05, 3.63) is 46.4 Å². The monoisotopic (exact) mass is 237 g/mol. The fraction of sp³-hybridized carbons (Fsp3) is 0.100. The lowest BCUT2D eigenvalue weighted by atomic mass is 10.3. The number of aromatic nitrogens is 2. The Balaban J connectivity index is 1.98. The Morgan fingerprint density at radius 1 is 1.44 bits per heavy atom. The summed E-state index contributed by atoms with van der Waals surface area (Å²) < 4.78 is 13.2. The van der Waals surface area contributed by atoms with Crippen LogP contribution in [0.25, 0.3) is 0 Å². The molecule has 2 aromatic heterocycles. The molecule has 0 saturated heterocycles. The summed E-state index contributed by atoms with van der Waals surface area (Å²) in [6.07, 6.45) is 3.02. The van der Waals surface area contributed by atoms with Gasteiger partial charge in [-0.1, -0.05) is 0 Å². The third-order valence-corrected chi connectivity index (χ3v) is 2.65. The first kappa shape index (κ1) is 10.7. The first-order valence-corrected chi connectivity index (χ1v) is 5.42. The van der Waals surface area contributed by atoms with Crippen LogP contribution in [0.15, 0.2) is 29.9 Å². The molecule has 1 amide bonds. The highest BCUT2D eigenvalue weighted by molar-refractivity contribution is 7.11. The molecule has 0 unspecified atom stereocenters. The largest absolute Gasteiger partial charge is 0.344 e. The molecular weight excluding hydrogens is 229 g/mol. The van der Waals surface area contributed by atoms with Crippen LogP contribution in [-0.2, 0) is 6.54 Å². The highest BCUT2D eigenvalue weighted by atomic mass is 32.1. The predicted octanol–water partition coefficient (Wildman–Crippen LogP) is 1.61. The summed E-state index contributed by atoms with van der Waals surface area (Å²) in [6, 6.07) is 2.80. The second-order valence-corrected chi connectivity index (χ2v) is 3.85. The molecule has 0 bridgehead atoms. The van der Waals surface area contributed by atoms with Crippen LogP contribution >= 0.6 is 11.3 Å². The second-order valence-electron chi connectivity index (χ2n) is 2.95. The maximum absolute atomic E-state index is 13.2. The van der Waals surface area contributed by atoms with Gasteiger partial charge >= 0.3 is 0 Å². The fourth-order valence-corrected chi connectivity index (χ4v) is 1.68. The van der Waals surface area contributed by atoms with Gasteiger partial charge in [0.1, 0.15) is 5.82 Å². The molecule has 16 heavy (non-hydrogen) atoms. The lowest BCUT2D eigenvalue weighted by Gasteiger charge is -2.02. The molecule has 2 heterocycles. The molecule has 0 atom stereocenters. The van der Waals surface area contributed by atoms with Gasteiger partial charge in [-0.05, 0) is 12.1 Å². The van der Waals surface area contributed by atoms with E-state index in [-0.39, 0.29) is 18.1 Å². The van der Waals surface area contributed by atoms with Gasteiger partial charge in [-0.3, -0.25) is 9.78 Å². The number of carbonyl (C=O) groups is 1. The minimum absolute atomic E-state index is 0.0606. The van der Waals surface area contributed by atoms with Gasteiger partial charge in [-0.2, -0.15) is 0 Å². The van der Waals surface area contributed by atoms with Crippen LogP contribution in [0.4, 0.5) is 4.39 Å². The van der Waals surface area contributed by atoms with Gasteiger partial charge in [0.05, 0.1) is 12.2 Å². The number of halogens is 1. The zero-order valence-corrected chi connectivity index (χ0v) is 9.00. The van der Waals surface area contributed by atoms with Crippen LogP contribution < -0.4 is 5.32 Å². The van der Waals surface area contributed by atoms with Gasteiger partial charge in [0.2, 0.25) is 0 Å². The Bertz CT molecular complexity index is 487.